The first-order valence-corrected chi connectivity index (χ1v) is 8.48. The molecule has 0 unspecified atom stereocenters. The standard InChI is InChI=1S/C19H22N2O6/c1-19(2)10-13(20-12-6-4-5-7-14(12)21(25)26)18(16(23)11-19)15(22)8-9-17(24)27-3/h4-7,22H,8-11H2,1-3H3. The number of carbonyl (C=O) groups excluding carboxylic acids is 2. The average molecular weight is 374 g/mol. The fraction of sp³-hybridized carbons (Fsp3) is 0.421. The van der Waals surface area contributed by atoms with Gasteiger partial charge in [0.15, 0.2) is 5.78 Å². The SMILES string of the molecule is COC(=O)CCC(O)=C1C(=O)CC(C)(C)CC1=Nc1ccccc1[N+](=O)[O-]. The van der Waals surface area contributed by atoms with Gasteiger partial charge in [0, 0.05) is 18.9 Å². The van der Waals surface area contributed by atoms with E-state index in [4.69, 9.17) is 0 Å². The molecule has 8 heteroatoms. The molecule has 1 aromatic carbocycles. The van der Waals surface area contributed by atoms with E-state index >= 15 is 0 Å². The second kappa shape index (κ2) is 8.11. The lowest BCUT2D eigenvalue weighted by atomic mass is 9.73. The van der Waals surface area contributed by atoms with E-state index < -0.39 is 16.3 Å². The highest BCUT2D eigenvalue weighted by Crippen LogP contribution is 2.38. The van der Waals surface area contributed by atoms with E-state index in [0.29, 0.717) is 6.42 Å². The van der Waals surface area contributed by atoms with Crippen molar-refractivity contribution < 1.29 is 24.4 Å². The highest BCUT2D eigenvalue weighted by Gasteiger charge is 2.36. The Morgan fingerprint density at radius 2 is 1.96 bits per heavy atom. The molecule has 0 spiro atoms. The van der Waals surface area contributed by atoms with Gasteiger partial charge in [-0.2, -0.15) is 0 Å². The van der Waals surface area contributed by atoms with Crippen LogP contribution in [0.4, 0.5) is 11.4 Å². The number of aliphatic imine (C=N–C) groups is 1. The predicted molar refractivity (Wildman–Crippen MR) is 99.1 cm³/mol. The molecule has 1 aliphatic rings. The van der Waals surface area contributed by atoms with Gasteiger partial charge in [0.25, 0.3) is 5.69 Å². The van der Waals surface area contributed by atoms with Crippen LogP contribution in [0.5, 0.6) is 0 Å². The number of hydrogen-bond donors (Lipinski definition) is 1. The molecule has 0 bridgehead atoms. The highest BCUT2D eigenvalue weighted by molar-refractivity contribution is 6.25. The number of ether oxygens (including phenoxy) is 1. The number of aliphatic hydroxyl groups excluding tert-OH is 1. The molecule has 1 fully saturated rings. The minimum atomic E-state index is -0.546. The van der Waals surface area contributed by atoms with Crippen molar-refractivity contribution in [1.29, 1.82) is 0 Å². The largest absolute Gasteiger partial charge is 0.511 e. The lowest BCUT2D eigenvalue weighted by Gasteiger charge is -2.31. The number of carbonyl (C=O) groups is 2. The first-order valence-electron chi connectivity index (χ1n) is 8.48. The molecule has 0 aliphatic heterocycles. The number of nitrogens with zero attached hydrogens (tertiary/aromatic N) is 2. The zero-order valence-corrected chi connectivity index (χ0v) is 15.5. The van der Waals surface area contributed by atoms with Gasteiger partial charge in [0.1, 0.15) is 11.4 Å². The number of esters is 1. The van der Waals surface area contributed by atoms with Crippen LogP contribution in [0.15, 0.2) is 40.6 Å². The smallest absolute Gasteiger partial charge is 0.305 e. The number of nitro groups is 1. The van der Waals surface area contributed by atoms with Gasteiger partial charge in [-0.05, 0) is 17.9 Å². The lowest BCUT2D eigenvalue weighted by Crippen LogP contribution is -2.32. The maximum atomic E-state index is 12.6. The van der Waals surface area contributed by atoms with Crippen LogP contribution >= 0.6 is 0 Å². The molecule has 8 nitrogen and oxygen atoms in total. The number of para-hydroxylation sites is 2. The summed E-state index contributed by atoms with van der Waals surface area (Å²) in [5, 5.41) is 21.7. The average Bonchev–Trinajstić information content (AvgIpc) is 2.58. The minimum Gasteiger partial charge on any atom is -0.511 e. The summed E-state index contributed by atoms with van der Waals surface area (Å²) in [7, 11) is 1.24. The van der Waals surface area contributed by atoms with Gasteiger partial charge in [-0.25, -0.2) is 4.99 Å². The van der Waals surface area contributed by atoms with Crippen molar-refractivity contribution in [2.24, 2.45) is 10.4 Å². The van der Waals surface area contributed by atoms with Crippen LogP contribution in [-0.4, -0.2) is 34.6 Å². The van der Waals surface area contributed by atoms with Gasteiger partial charge in [-0.3, -0.25) is 19.7 Å². The molecule has 1 N–H and O–H groups in total. The Hall–Kier alpha value is -3.03. The maximum Gasteiger partial charge on any atom is 0.305 e. The van der Waals surface area contributed by atoms with E-state index in [1.165, 1.54) is 25.3 Å². The van der Waals surface area contributed by atoms with Gasteiger partial charge in [0.2, 0.25) is 0 Å². The van der Waals surface area contributed by atoms with Crippen LogP contribution in [0.1, 0.15) is 39.5 Å². The fourth-order valence-corrected chi connectivity index (χ4v) is 3.02. The van der Waals surface area contributed by atoms with Crippen LogP contribution in [0, 0.1) is 15.5 Å². The Labute approximate surface area is 156 Å². The normalized spacial score (nSPS) is 19.7. The first-order chi connectivity index (χ1) is 12.6. The number of ketones is 1. The maximum absolute atomic E-state index is 12.6. The third-order valence-corrected chi connectivity index (χ3v) is 4.27. The van der Waals surface area contributed by atoms with E-state index in [1.807, 2.05) is 13.8 Å². The van der Waals surface area contributed by atoms with Crippen molar-refractivity contribution in [2.45, 2.75) is 39.5 Å². The van der Waals surface area contributed by atoms with E-state index in [9.17, 15) is 24.8 Å². The number of hydrogen-bond acceptors (Lipinski definition) is 7. The summed E-state index contributed by atoms with van der Waals surface area (Å²) in [6.45, 7) is 3.78. The Morgan fingerprint density at radius 3 is 2.59 bits per heavy atom. The van der Waals surface area contributed by atoms with Gasteiger partial charge in [-0.15, -0.1) is 0 Å². The van der Waals surface area contributed by atoms with Gasteiger partial charge >= 0.3 is 5.97 Å². The summed E-state index contributed by atoms with van der Waals surface area (Å²) in [4.78, 5) is 39.0. The number of rotatable bonds is 5. The number of benzene rings is 1. The van der Waals surface area contributed by atoms with E-state index in [0.717, 1.165) is 0 Å². The van der Waals surface area contributed by atoms with Crippen LogP contribution in [0.2, 0.25) is 0 Å². The molecule has 1 aliphatic carbocycles. The van der Waals surface area contributed by atoms with Crippen molar-refractivity contribution in [3.8, 4) is 0 Å². The summed E-state index contributed by atoms with van der Waals surface area (Å²) in [6.07, 6.45) is 0.425. The molecular formula is C19H22N2O6. The summed E-state index contributed by atoms with van der Waals surface area (Å²) >= 11 is 0. The third-order valence-electron chi connectivity index (χ3n) is 4.27. The molecule has 0 atom stereocenters. The summed E-state index contributed by atoms with van der Waals surface area (Å²) < 4.78 is 4.55. The van der Waals surface area contributed by atoms with Crippen molar-refractivity contribution >= 4 is 28.8 Å². The molecule has 0 saturated heterocycles. The van der Waals surface area contributed by atoms with Crippen LogP contribution in [-0.2, 0) is 14.3 Å². The number of methoxy groups -OCH3 is 1. The molecule has 27 heavy (non-hydrogen) atoms. The summed E-state index contributed by atoms with van der Waals surface area (Å²) in [5.41, 5.74) is -0.147. The lowest BCUT2D eigenvalue weighted by molar-refractivity contribution is -0.384. The molecule has 1 aromatic rings. The Balaban J connectivity index is 2.52. The van der Waals surface area contributed by atoms with Crippen molar-refractivity contribution in [3.05, 3.63) is 45.7 Å². The molecule has 144 valence electrons. The Morgan fingerprint density at radius 1 is 1.30 bits per heavy atom. The molecule has 2 rings (SSSR count). The van der Waals surface area contributed by atoms with Crippen molar-refractivity contribution in [1.82, 2.24) is 0 Å². The van der Waals surface area contributed by atoms with Crippen molar-refractivity contribution in [2.75, 3.05) is 7.11 Å². The van der Waals surface area contributed by atoms with Gasteiger partial charge in [-0.1, -0.05) is 26.0 Å². The monoisotopic (exact) mass is 374 g/mol. The third kappa shape index (κ3) is 4.99. The van der Waals surface area contributed by atoms with E-state index in [-0.39, 0.29) is 53.5 Å². The molecule has 0 radical (unpaired) electrons. The predicted octanol–water partition coefficient (Wildman–Crippen LogP) is 3.82. The van der Waals surface area contributed by atoms with E-state index in [2.05, 4.69) is 9.73 Å². The van der Waals surface area contributed by atoms with Crippen LogP contribution in [0.3, 0.4) is 0 Å². The molecule has 0 aromatic heterocycles. The molecule has 1 saturated carbocycles. The van der Waals surface area contributed by atoms with Crippen LogP contribution in [0.25, 0.3) is 0 Å². The quantitative estimate of drug-likeness (QED) is 0.275. The zero-order valence-electron chi connectivity index (χ0n) is 15.5. The Bertz CT molecular complexity index is 838. The number of allylic oxidation sites excluding steroid dienone is 2. The topological polar surface area (TPSA) is 119 Å². The molecule has 0 heterocycles. The number of nitro benzene ring substituents is 1. The van der Waals surface area contributed by atoms with Crippen molar-refractivity contribution in [3.63, 3.8) is 0 Å². The summed E-state index contributed by atoms with van der Waals surface area (Å²) in [6, 6.07) is 5.96. The second-order valence-electron chi connectivity index (χ2n) is 7.14. The second-order valence-corrected chi connectivity index (χ2v) is 7.14. The highest BCUT2D eigenvalue weighted by atomic mass is 16.6. The number of Topliss-reactive ketones (excluding diaryl/α,β-unsaturated/α-hetero) is 1. The zero-order chi connectivity index (χ0) is 20.2. The molecule has 0 amide bonds. The fourth-order valence-electron chi connectivity index (χ4n) is 3.02. The van der Waals surface area contributed by atoms with E-state index in [1.54, 1.807) is 6.07 Å². The first kappa shape index (κ1) is 20.3. The Kier molecular flexibility index (Phi) is 6.09. The minimum absolute atomic E-state index is 0.0383. The number of aliphatic hydroxyl groups is 1. The van der Waals surface area contributed by atoms with Gasteiger partial charge < -0.3 is 9.84 Å². The van der Waals surface area contributed by atoms with Gasteiger partial charge in [0.05, 0.1) is 29.7 Å². The van der Waals surface area contributed by atoms with Crippen LogP contribution < -0.4 is 0 Å². The summed E-state index contributed by atoms with van der Waals surface area (Å²) in [5.74, 6) is -1.06. The molecular weight excluding hydrogens is 352 g/mol.